The van der Waals surface area contributed by atoms with Gasteiger partial charge in [0.25, 0.3) is 5.91 Å². The molecule has 2 amide bonds. The standard InChI is InChI=1S/C30H43N5O2S/c1-4-11-25(30(37)31-15-18-34-16-8-7-9-17-34)33-29(36)22-13-14-27-26(20-22)32-28(21-24-12-10-19-38-24)35(27)23(5-2)6-3/h10,12-14,19-20,23,25H,4-9,11,15-18,21H2,1-3H3,(H,31,37)(H,33,36)/t25-/m0/s1. The Kier molecular flexibility index (Phi) is 10.4. The molecule has 0 spiro atoms. The summed E-state index contributed by atoms with van der Waals surface area (Å²) in [5, 5.41) is 8.14. The van der Waals surface area contributed by atoms with Gasteiger partial charge in [-0.1, -0.05) is 39.7 Å². The SMILES string of the molecule is CCC[C@H](NC(=O)c1ccc2c(c1)nc(Cc1cccs1)n2C(CC)CC)C(=O)NCCN1CCCCC1. The van der Waals surface area contributed by atoms with Crippen molar-refractivity contribution < 1.29 is 9.59 Å². The van der Waals surface area contributed by atoms with E-state index < -0.39 is 6.04 Å². The fourth-order valence-electron chi connectivity index (χ4n) is 5.49. The number of amides is 2. The van der Waals surface area contributed by atoms with Crippen LogP contribution < -0.4 is 10.6 Å². The zero-order valence-electron chi connectivity index (χ0n) is 23.2. The molecule has 2 N–H and O–H groups in total. The molecule has 4 rings (SSSR count). The van der Waals surface area contributed by atoms with Gasteiger partial charge in [-0.05, 0) is 74.8 Å². The fourth-order valence-corrected chi connectivity index (χ4v) is 6.19. The molecular weight excluding hydrogens is 494 g/mol. The summed E-state index contributed by atoms with van der Waals surface area (Å²) in [6.45, 7) is 10.1. The molecule has 3 heterocycles. The van der Waals surface area contributed by atoms with Gasteiger partial charge in [0, 0.05) is 36.0 Å². The molecule has 0 aliphatic carbocycles. The van der Waals surface area contributed by atoms with E-state index in [1.165, 1.54) is 24.1 Å². The molecular formula is C30H43N5O2S. The molecule has 2 aromatic heterocycles. The molecule has 0 unspecified atom stereocenters. The van der Waals surface area contributed by atoms with E-state index in [4.69, 9.17) is 4.98 Å². The van der Waals surface area contributed by atoms with E-state index in [9.17, 15) is 9.59 Å². The van der Waals surface area contributed by atoms with Crippen LogP contribution in [0.1, 0.15) is 92.8 Å². The lowest BCUT2D eigenvalue weighted by atomic mass is 10.1. The number of benzene rings is 1. The number of likely N-dealkylation sites (tertiary alicyclic amines) is 1. The highest BCUT2D eigenvalue weighted by atomic mass is 32.1. The number of nitrogens with zero attached hydrogens (tertiary/aromatic N) is 3. The number of rotatable bonds is 13. The van der Waals surface area contributed by atoms with Gasteiger partial charge in [0.1, 0.15) is 11.9 Å². The van der Waals surface area contributed by atoms with E-state index in [-0.39, 0.29) is 11.8 Å². The molecule has 1 saturated heterocycles. The second-order valence-electron chi connectivity index (χ2n) is 10.3. The number of thiophene rings is 1. The Balaban J connectivity index is 1.47. The van der Waals surface area contributed by atoms with Crippen molar-refractivity contribution in [3.8, 4) is 0 Å². The predicted octanol–water partition coefficient (Wildman–Crippen LogP) is 5.55. The smallest absolute Gasteiger partial charge is 0.252 e. The number of aromatic nitrogens is 2. The van der Waals surface area contributed by atoms with Gasteiger partial charge < -0.3 is 20.1 Å². The van der Waals surface area contributed by atoms with Gasteiger partial charge >= 0.3 is 0 Å². The molecule has 1 atom stereocenters. The Labute approximate surface area is 231 Å². The molecule has 1 aliphatic heterocycles. The van der Waals surface area contributed by atoms with E-state index in [2.05, 4.69) is 51.5 Å². The van der Waals surface area contributed by atoms with Gasteiger partial charge in [-0.2, -0.15) is 0 Å². The lowest BCUT2D eigenvalue weighted by molar-refractivity contribution is -0.123. The van der Waals surface area contributed by atoms with Crippen molar-refractivity contribution in [1.82, 2.24) is 25.1 Å². The molecule has 0 saturated carbocycles. The summed E-state index contributed by atoms with van der Waals surface area (Å²) < 4.78 is 2.35. The summed E-state index contributed by atoms with van der Waals surface area (Å²) in [7, 11) is 0. The first-order chi connectivity index (χ1) is 18.5. The van der Waals surface area contributed by atoms with Crippen LogP contribution in [0, 0.1) is 0 Å². The number of hydrogen-bond donors (Lipinski definition) is 2. The summed E-state index contributed by atoms with van der Waals surface area (Å²) in [6, 6.07) is 9.79. The van der Waals surface area contributed by atoms with E-state index in [0.29, 0.717) is 24.6 Å². The molecule has 7 nitrogen and oxygen atoms in total. The third kappa shape index (κ3) is 7.03. The fraction of sp³-hybridized carbons (Fsp3) is 0.567. The maximum atomic E-state index is 13.3. The van der Waals surface area contributed by atoms with E-state index in [1.54, 1.807) is 11.3 Å². The third-order valence-corrected chi connectivity index (χ3v) is 8.50. The molecule has 0 bridgehead atoms. The van der Waals surface area contributed by atoms with Crippen LogP contribution in [0.5, 0.6) is 0 Å². The first-order valence-electron chi connectivity index (χ1n) is 14.4. The third-order valence-electron chi connectivity index (χ3n) is 7.62. The number of piperidine rings is 1. The van der Waals surface area contributed by atoms with Gasteiger partial charge in [0.05, 0.1) is 11.0 Å². The van der Waals surface area contributed by atoms with E-state index in [0.717, 1.165) is 62.2 Å². The molecule has 206 valence electrons. The van der Waals surface area contributed by atoms with Crippen LogP contribution in [-0.2, 0) is 11.2 Å². The summed E-state index contributed by atoms with van der Waals surface area (Å²) >= 11 is 1.74. The van der Waals surface area contributed by atoms with Gasteiger partial charge in [-0.15, -0.1) is 11.3 Å². The van der Waals surface area contributed by atoms with E-state index >= 15 is 0 Å². The molecule has 3 aromatic rings. The van der Waals surface area contributed by atoms with Crippen molar-refractivity contribution >= 4 is 34.2 Å². The van der Waals surface area contributed by atoms with Crippen LogP contribution in [0.3, 0.4) is 0 Å². The maximum Gasteiger partial charge on any atom is 0.252 e. The van der Waals surface area contributed by atoms with E-state index in [1.807, 2.05) is 25.1 Å². The second kappa shape index (κ2) is 13.9. The van der Waals surface area contributed by atoms with Crippen molar-refractivity contribution in [3.05, 3.63) is 52.0 Å². The van der Waals surface area contributed by atoms with Crippen LogP contribution in [0.25, 0.3) is 11.0 Å². The Bertz CT molecular complexity index is 1180. The Morgan fingerprint density at radius 2 is 1.87 bits per heavy atom. The lowest BCUT2D eigenvalue weighted by Gasteiger charge is -2.26. The predicted molar refractivity (Wildman–Crippen MR) is 156 cm³/mol. The van der Waals surface area contributed by atoms with Crippen LogP contribution in [0.4, 0.5) is 0 Å². The lowest BCUT2D eigenvalue weighted by Crippen LogP contribution is -2.48. The minimum absolute atomic E-state index is 0.102. The first-order valence-corrected chi connectivity index (χ1v) is 15.3. The number of hydrogen-bond acceptors (Lipinski definition) is 5. The molecule has 1 aliphatic rings. The van der Waals surface area contributed by atoms with Gasteiger partial charge in [0.2, 0.25) is 5.91 Å². The topological polar surface area (TPSA) is 79.3 Å². The highest BCUT2D eigenvalue weighted by Gasteiger charge is 2.23. The van der Waals surface area contributed by atoms with Crippen LogP contribution >= 0.6 is 11.3 Å². The summed E-state index contributed by atoms with van der Waals surface area (Å²) in [4.78, 5) is 34.9. The molecule has 8 heteroatoms. The van der Waals surface area contributed by atoms with Crippen molar-refractivity contribution in [2.75, 3.05) is 26.2 Å². The van der Waals surface area contributed by atoms with Crippen molar-refractivity contribution in [2.45, 2.75) is 84.2 Å². The summed E-state index contributed by atoms with van der Waals surface area (Å²) in [6.07, 6.45) is 8.01. The number of fused-ring (bicyclic) bond motifs is 1. The zero-order chi connectivity index (χ0) is 26.9. The number of carbonyl (C=O) groups excluding carboxylic acids is 2. The largest absolute Gasteiger partial charge is 0.353 e. The Morgan fingerprint density at radius 3 is 2.55 bits per heavy atom. The van der Waals surface area contributed by atoms with Gasteiger partial charge in [0.15, 0.2) is 0 Å². The second-order valence-corrected chi connectivity index (χ2v) is 11.4. The quantitative estimate of drug-likeness (QED) is 0.300. The number of imidazole rings is 1. The Hall–Kier alpha value is -2.71. The van der Waals surface area contributed by atoms with Crippen molar-refractivity contribution in [1.29, 1.82) is 0 Å². The first kappa shape index (κ1) is 28.3. The van der Waals surface area contributed by atoms with Crippen molar-refractivity contribution in [3.63, 3.8) is 0 Å². The van der Waals surface area contributed by atoms with Gasteiger partial charge in [-0.25, -0.2) is 4.98 Å². The average Bonchev–Trinajstić information content (AvgIpc) is 3.57. The normalized spacial score (nSPS) is 15.2. The van der Waals surface area contributed by atoms with Crippen molar-refractivity contribution in [2.24, 2.45) is 0 Å². The minimum Gasteiger partial charge on any atom is -0.353 e. The minimum atomic E-state index is -0.541. The van der Waals surface area contributed by atoms with Crippen LogP contribution in [-0.4, -0.2) is 58.5 Å². The molecule has 1 aromatic carbocycles. The number of nitrogens with one attached hydrogen (secondary N) is 2. The summed E-state index contributed by atoms with van der Waals surface area (Å²) in [5.41, 5.74) is 2.42. The molecule has 38 heavy (non-hydrogen) atoms. The van der Waals surface area contributed by atoms with Crippen LogP contribution in [0.15, 0.2) is 35.7 Å². The molecule has 1 fully saturated rings. The summed E-state index contributed by atoms with van der Waals surface area (Å²) in [5.74, 6) is 0.702. The highest BCUT2D eigenvalue weighted by Crippen LogP contribution is 2.28. The van der Waals surface area contributed by atoms with Gasteiger partial charge in [-0.3, -0.25) is 9.59 Å². The highest BCUT2D eigenvalue weighted by molar-refractivity contribution is 7.09. The zero-order valence-corrected chi connectivity index (χ0v) is 24.0. The Morgan fingerprint density at radius 1 is 1.08 bits per heavy atom. The maximum absolute atomic E-state index is 13.3. The number of carbonyl (C=O) groups is 2. The monoisotopic (exact) mass is 537 g/mol. The average molecular weight is 538 g/mol. The van der Waals surface area contributed by atoms with Crippen LogP contribution in [0.2, 0.25) is 0 Å². The molecule has 0 radical (unpaired) electrons.